The third kappa shape index (κ3) is 5.25. The van der Waals surface area contributed by atoms with Gasteiger partial charge in [0.2, 0.25) is 21.8 Å². The summed E-state index contributed by atoms with van der Waals surface area (Å²) < 4.78 is 27.5. The van der Waals surface area contributed by atoms with E-state index in [4.69, 9.17) is 0 Å². The molecule has 0 saturated carbocycles. The summed E-state index contributed by atoms with van der Waals surface area (Å²) in [5.74, 6) is -0.745. The maximum absolute atomic E-state index is 13.0. The van der Waals surface area contributed by atoms with E-state index in [9.17, 15) is 18.0 Å². The highest BCUT2D eigenvalue weighted by Gasteiger charge is 2.33. The number of carbonyl (C=O) groups is 2. The number of benzene rings is 2. The van der Waals surface area contributed by atoms with Gasteiger partial charge in [-0.1, -0.05) is 30.3 Å². The Labute approximate surface area is 177 Å². The Kier molecular flexibility index (Phi) is 6.89. The van der Waals surface area contributed by atoms with Crippen LogP contribution in [0.4, 0.5) is 5.69 Å². The van der Waals surface area contributed by atoms with Crippen LogP contribution in [0, 0.1) is 5.92 Å². The Bertz CT molecular complexity index is 991. The molecule has 1 heterocycles. The second-order valence-corrected chi connectivity index (χ2v) is 9.49. The third-order valence-corrected chi connectivity index (χ3v) is 7.11. The lowest BCUT2D eigenvalue weighted by Gasteiger charge is -2.32. The SMILES string of the molecule is CC(=O)Nc1ccc(S(=O)(=O)N2CCCC(C(=O)NC(C)c3ccccc3)C2)cc1. The minimum atomic E-state index is -3.71. The molecule has 0 aromatic heterocycles. The predicted octanol–water partition coefficient (Wildman–Crippen LogP) is 2.92. The van der Waals surface area contributed by atoms with Gasteiger partial charge in [0.05, 0.1) is 16.9 Å². The van der Waals surface area contributed by atoms with E-state index in [1.54, 1.807) is 12.1 Å². The monoisotopic (exact) mass is 429 g/mol. The maximum Gasteiger partial charge on any atom is 0.243 e. The number of carbonyl (C=O) groups excluding carboxylic acids is 2. The van der Waals surface area contributed by atoms with E-state index in [0.29, 0.717) is 25.1 Å². The highest BCUT2D eigenvalue weighted by atomic mass is 32.2. The molecule has 0 spiro atoms. The van der Waals surface area contributed by atoms with Crippen LogP contribution in [0.1, 0.15) is 38.3 Å². The Hall–Kier alpha value is -2.71. The number of rotatable bonds is 6. The molecule has 8 heteroatoms. The summed E-state index contributed by atoms with van der Waals surface area (Å²) in [5.41, 5.74) is 1.54. The summed E-state index contributed by atoms with van der Waals surface area (Å²) in [6, 6.07) is 15.6. The van der Waals surface area contributed by atoms with Gasteiger partial charge in [-0.05, 0) is 49.6 Å². The van der Waals surface area contributed by atoms with Gasteiger partial charge in [-0.15, -0.1) is 0 Å². The molecule has 1 aliphatic heterocycles. The zero-order valence-electron chi connectivity index (χ0n) is 17.2. The quantitative estimate of drug-likeness (QED) is 0.738. The average molecular weight is 430 g/mol. The summed E-state index contributed by atoms with van der Waals surface area (Å²) in [7, 11) is -3.71. The highest BCUT2D eigenvalue weighted by molar-refractivity contribution is 7.89. The van der Waals surface area contributed by atoms with Crippen LogP contribution in [0.2, 0.25) is 0 Å². The highest BCUT2D eigenvalue weighted by Crippen LogP contribution is 2.25. The molecular weight excluding hydrogens is 402 g/mol. The fraction of sp³-hybridized carbons (Fsp3) is 0.364. The number of amides is 2. The summed E-state index contributed by atoms with van der Waals surface area (Å²) in [6.45, 7) is 3.85. The Morgan fingerprint density at radius 1 is 1.07 bits per heavy atom. The molecule has 2 unspecified atom stereocenters. The second kappa shape index (κ2) is 9.40. The van der Waals surface area contributed by atoms with Crippen LogP contribution in [0.3, 0.4) is 0 Å². The molecule has 2 aromatic carbocycles. The smallest absolute Gasteiger partial charge is 0.243 e. The lowest BCUT2D eigenvalue weighted by atomic mass is 9.98. The summed E-state index contributed by atoms with van der Waals surface area (Å²) in [5, 5.41) is 5.62. The van der Waals surface area contributed by atoms with Gasteiger partial charge >= 0.3 is 0 Å². The van der Waals surface area contributed by atoms with Gasteiger partial charge in [-0.3, -0.25) is 9.59 Å². The Morgan fingerprint density at radius 3 is 2.37 bits per heavy atom. The van der Waals surface area contributed by atoms with Crippen LogP contribution in [0.25, 0.3) is 0 Å². The van der Waals surface area contributed by atoms with E-state index in [2.05, 4.69) is 10.6 Å². The van der Waals surface area contributed by atoms with Crippen molar-refractivity contribution in [3.63, 3.8) is 0 Å². The van der Waals surface area contributed by atoms with Gasteiger partial charge in [0, 0.05) is 25.7 Å². The molecule has 1 aliphatic rings. The first-order chi connectivity index (χ1) is 14.3. The molecular formula is C22H27N3O4S. The molecule has 1 fully saturated rings. The van der Waals surface area contributed by atoms with Crippen LogP contribution < -0.4 is 10.6 Å². The maximum atomic E-state index is 13.0. The van der Waals surface area contributed by atoms with Crippen LogP contribution >= 0.6 is 0 Å². The number of nitrogens with zero attached hydrogens (tertiary/aromatic N) is 1. The number of nitrogens with one attached hydrogen (secondary N) is 2. The van der Waals surface area contributed by atoms with Gasteiger partial charge in [0.25, 0.3) is 0 Å². The van der Waals surface area contributed by atoms with Crippen molar-refractivity contribution in [2.75, 3.05) is 18.4 Å². The van der Waals surface area contributed by atoms with Crippen molar-refractivity contribution in [2.24, 2.45) is 5.92 Å². The fourth-order valence-electron chi connectivity index (χ4n) is 3.59. The molecule has 1 saturated heterocycles. The number of hydrogen-bond donors (Lipinski definition) is 2. The van der Waals surface area contributed by atoms with Gasteiger partial charge in [-0.2, -0.15) is 4.31 Å². The van der Waals surface area contributed by atoms with E-state index in [0.717, 1.165) is 5.56 Å². The van der Waals surface area contributed by atoms with Crippen LogP contribution in [0.5, 0.6) is 0 Å². The van der Waals surface area contributed by atoms with E-state index in [-0.39, 0.29) is 29.3 Å². The number of anilines is 1. The topological polar surface area (TPSA) is 95.6 Å². The first-order valence-electron chi connectivity index (χ1n) is 10.0. The van der Waals surface area contributed by atoms with E-state index in [1.165, 1.54) is 23.4 Å². The zero-order valence-corrected chi connectivity index (χ0v) is 18.0. The van der Waals surface area contributed by atoms with E-state index in [1.807, 2.05) is 37.3 Å². The lowest BCUT2D eigenvalue weighted by molar-refractivity contribution is -0.126. The molecule has 2 aromatic rings. The van der Waals surface area contributed by atoms with Crippen molar-refractivity contribution in [1.82, 2.24) is 9.62 Å². The first-order valence-corrected chi connectivity index (χ1v) is 11.4. The molecule has 2 amide bonds. The van der Waals surface area contributed by atoms with Crippen molar-refractivity contribution in [2.45, 2.75) is 37.6 Å². The molecule has 2 atom stereocenters. The van der Waals surface area contributed by atoms with Gasteiger partial charge in [0.1, 0.15) is 0 Å². The Morgan fingerprint density at radius 2 is 1.73 bits per heavy atom. The fourth-order valence-corrected chi connectivity index (χ4v) is 5.12. The van der Waals surface area contributed by atoms with Crippen molar-refractivity contribution >= 4 is 27.5 Å². The summed E-state index contributed by atoms with van der Waals surface area (Å²) >= 11 is 0. The standard InChI is InChI=1S/C22H27N3O4S/c1-16(18-7-4-3-5-8-18)23-22(27)19-9-6-14-25(15-19)30(28,29)21-12-10-20(11-13-21)24-17(2)26/h3-5,7-8,10-13,16,19H,6,9,14-15H2,1-2H3,(H,23,27)(H,24,26). The number of hydrogen-bond acceptors (Lipinski definition) is 4. The van der Waals surface area contributed by atoms with Crippen molar-refractivity contribution in [3.05, 3.63) is 60.2 Å². The zero-order chi connectivity index (χ0) is 21.7. The van der Waals surface area contributed by atoms with Gasteiger partial charge in [-0.25, -0.2) is 8.42 Å². The number of sulfonamides is 1. The third-order valence-electron chi connectivity index (χ3n) is 5.23. The molecule has 30 heavy (non-hydrogen) atoms. The molecule has 3 rings (SSSR count). The van der Waals surface area contributed by atoms with Crippen LogP contribution in [-0.4, -0.2) is 37.6 Å². The minimum Gasteiger partial charge on any atom is -0.349 e. The lowest BCUT2D eigenvalue weighted by Crippen LogP contribution is -2.45. The number of piperidine rings is 1. The molecule has 0 radical (unpaired) electrons. The average Bonchev–Trinajstić information content (AvgIpc) is 2.74. The predicted molar refractivity (Wildman–Crippen MR) is 115 cm³/mol. The van der Waals surface area contributed by atoms with E-state index < -0.39 is 15.9 Å². The van der Waals surface area contributed by atoms with Crippen LogP contribution in [0.15, 0.2) is 59.5 Å². The van der Waals surface area contributed by atoms with Gasteiger partial charge < -0.3 is 10.6 Å². The van der Waals surface area contributed by atoms with Crippen molar-refractivity contribution < 1.29 is 18.0 Å². The molecule has 2 N–H and O–H groups in total. The molecule has 160 valence electrons. The van der Waals surface area contributed by atoms with Crippen molar-refractivity contribution in [1.29, 1.82) is 0 Å². The summed E-state index contributed by atoms with van der Waals surface area (Å²) in [6.07, 6.45) is 1.28. The molecule has 0 bridgehead atoms. The normalized spacial score (nSPS) is 18.4. The van der Waals surface area contributed by atoms with Crippen LogP contribution in [-0.2, 0) is 19.6 Å². The minimum absolute atomic E-state index is 0.132. The van der Waals surface area contributed by atoms with E-state index >= 15 is 0 Å². The first kappa shape index (κ1) is 22.0. The van der Waals surface area contributed by atoms with Gasteiger partial charge in [0.15, 0.2) is 0 Å². The molecule has 0 aliphatic carbocycles. The summed E-state index contributed by atoms with van der Waals surface area (Å²) in [4.78, 5) is 24.0. The van der Waals surface area contributed by atoms with Crippen molar-refractivity contribution in [3.8, 4) is 0 Å². The second-order valence-electron chi connectivity index (χ2n) is 7.55. The Balaban J connectivity index is 1.67. The molecule has 7 nitrogen and oxygen atoms in total. The largest absolute Gasteiger partial charge is 0.349 e.